The van der Waals surface area contributed by atoms with Crippen molar-refractivity contribution in [3.8, 4) is 17.2 Å². The zero-order valence-corrected chi connectivity index (χ0v) is 23.5. The molecule has 0 bridgehead atoms. The first-order valence-electron chi connectivity index (χ1n) is 13.4. The van der Waals surface area contributed by atoms with E-state index in [1.807, 2.05) is 18.2 Å². The van der Waals surface area contributed by atoms with Crippen LogP contribution in [0.5, 0.6) is 17.2 Å². The van der Waals surface area contributed by atoms with Crippen LogP contribution in [0.25, 0.3) is 11.0 Å². The van der Waals surface area contributed by atoms with Crippen LogP contribution in [-0.4, -0.2) is 43.7 Å². The molecule has 2 heterocycles. The number of carbonyl (C=O) groups is 3. The van der Waals surface area contributed by atoms with Crippen molar-refractivity contribution in [2.45, 2.75) is 65.8 Å². The first-order valence-corrected chi connectivity index (χ1v) is 13.4. The molecule has 0 amide bonds. The fraction of sp³-hybridized carbons (Fsp3) is 0.355. The highest BCUT2D eigenvalue weighted by atomic mass is 16.5. The lowest BCUT2D eigenvalue weighted by Gasteiger charge is -2.29. The highest BCUT2D eigenvalue weighted by Gasteiger charge is 2.56. The van der Waals surface area contributed by atoms with Gasteiger partial charge in [0, 0.05) is 36.3 Å². The Bertz CT molecular complexity index is 1680. The molecule has 0 saturated heterocycles. The first-order chi connectivity index (χ1) is 18.9. The summed E-state index contributed by atoms with van der Waals surface area (Å²) in [6, 6.07) is 8.28. The number of phenolic OH excluding ortho intramolecular Hbond substituents is 2. The number of ether oxygens (including phenoxy) is 1. The fourth-order valence-electron chi connectivity index (χ4n) is 5.82. The van der Waals surface area contributed by atoms with Crippen LogP contribution >= 0.6 is 0 Å². The first kappa shape index (κ1) is 27.2. The summed E-state index contributed by atoms with van der Waals surface area (Å²) in [7, 11) is 0. The van der Waals surface area contributed by atoms with E-state index in [1.165, 1.54) is 19.9 Å². The number of fused-ring (bicyclic) bond motifs is 4. The zero-order chi connectivity index (χ0) is 29.1. The van der Waals surface area contributed by atoms with Crippen molar-refractivity contribution in [3.05, 3.63) is 69.9 Å². The van der Waals surface area contributed by atoms with Crippen LogP contribution in [0.15, 0.2) is 47.4 Å². The summed E-state index contributed by atoms with van der Waals surface area (Å²) >= 11 is 0. The van der Waals surface area contributed by atoms with Crippen LogP contribution in [0.3, 0.4) is 0 Å². The fourth-order valence-corrected chi connectivity index (χ4v) is 5.82. The van der Waals surface area contributed by atoms with E-state index in [0.29, 0.717) is 25.1 Å². The number of aromatic nitrogens is 2. The van der Waals surface area contributed by atoms with Crippen molar-refractivity contribution in [2.75, 3.05) is 6.54 Å². The summed E-state index contributed by atoms with van der Waals surface area (Å²) in [4.78, 5) is 44.2. The van der Waals surface area contributed by atoms with Crippen LogP contribution in [0.4, 0.5) is 0 Å². The maximum Gasteiger partial charge on any atom is 0.194 e. The zero-order valence-electron chi connectivity index (χ0n) is 23.5. The lowest BCUT2D eigenvalue weighted by Crippen LogP contribution is -2.41. The van der Waals surface area contributed by atoms with Gasteiger partial charge in [0.05, 0.1) is 22.2 Å². The van der Waals surface area contributed by atoms with Crippen molar-refractivity contribution in [1.82, 2.24) is 14.9 Å². The van der Waals surface area contributed by atoms with Crippen molar-refractivity contribution >= 4 is 28.4 Å². The monoisotopic (exact) mass is 543 g/mol. The number of benzene rings is 2. The quantitative estimate of drug-likeness (QED) is 0.169. The minimum absolute atomic E-state index is 0.0180. The summed E-state index contributed by atoms with van der Waals surface area (Å²) in [6.07, 6.45) is 2.65. The maximum absolute atomic E-state index is 13.9. The number of hydrogen-bond donors (Lipinski definition) is 3. The second-order valence-corrected chi connectivity index (χ2v) is 10.9. The minimum atomic E-state index is -1.53. The normalized spacial score (nSPS) is 19.4. The average molecular weight is 544 g/mol. The van der Waals surface area contributed by atoms with Crippen molar-refractivity contribution in [2.24, 2.45) is 0 Å². The number of phenols is 2. The topological polar surface area (TPSA) is 131 Å². The number of imidazole rings is 1. The number of Topliss-reactive ketones (excluding diaryl/α,β-unsaturated/α-hetero) is 2. The van der Waals surface area contributed by atoms with E-state index in [1.54, 1.807) is 13.8 Å². The van der Waals surface area contributed by atoms with Gasteiger partial charge in [-0.25, -0.2) is 4.98 Å². The molecule has 1 atom stereocenters. The van der Waals surface area contributed by atoms with E-state index in [2.05, 4.69) is 29.8 Å². The van der Waals surface area contributed by atoms with Gasteiger partial charge in [-0.15, -0.1) is 0 Å². The molecule has 0 unspecified atom stereocenters. The van der Waals surface area contributed by atoms with Gasteiger partial charge in [-0.1, -0.05) is 12.1 Å². The Balaban J connectivity index is 1.42. The molecule has 1 aliphatic carbocycles. The van der Waals surface area contributed by atoms with Crippen LogP contribution in [0.1, 0.15) is 74.4 Å². The molecule has 40 heavy (non-hydrogen) atoms. The predicted molar refractivity (Wildman–Crippen MR) is 150 cm³/mol. The summed E-state index contributed by atoms with van der Waals surface area (Å²) < 4.78 is 8.04. The molecule has 2 aliphatic rings. The second kappa shape index (κ2) is 9.66. The van der Waals surface area contributed by atoms with Crippen LogP contribution < -0.4 is 10.1 Å². The van der Waals surface area contributed by atoms with Gasteiger partial charge in [-0.3, -0.25) is 14.4 Å². The number of aromatic hydroxyl groups is 2. The van der Waals surface area contributed by atoms with Crippen LogP contribution in [0.2, 0.25) is 0 Å². The number of para-hydroxylation sites is 2. The number of nitrogens with zero attached hydrogens (tertiary/aromatic N) is 2. The highest BCUT2D eigenvalue weighted by molar-refractivity contribution is 6.31. The van der Waals surface area contributed by atoms with E-state index in [9.17, 15) is 24.6 Å². The number of rotatable bonds is 7. The van der Waals surface area contributed by atoms with Gasteiger partial charge >= 0.3 is 0 Å². The molecule has 3 N–H and O–H groups in total. The number of hydrogen-bond acceptors (Lipinski definition) is 8. The molecule has 0 saturated carbocycles. The van der Waals surface area contributed by atoms with Gasteiger partial charge in [-0.05, 0) is 60.1 Å². The van der Waals surface area contributed by atoms with E-state index in [4.69, 9.17) is 9.72 Å². The number of aryl methyl sites for hydroxylation is 1. The maximum atomic E-state index is 13.9. The summed E-state index contributed by atoms with van der Waals surface area (Å²) in [6.45, 7) is 10.7. The summed E-state index contributed by atoms with van der Waals surface area (Å²) in [5, 5.41) is 24.7. The second-order valence-electron chi connectivity index (χ2n) is 10.9. The molecule has 5 rings (SSSR count). The lowest BCUT2D eigenvalue weighted by atomic mass is 9.70. The van der Waals surface area contributed by atoms with Crippen LogP contribution in [-0.2, 0) is 21.4 Å². The summed E-state index contributed by atoms with van der Waals surface area (Å²) in [5.74, 6) is -1.42. The van der Waals surface area contributed by atoms with Gasteiger partial charge < -0.3 is 24.8 Å². The van der Waals surface area contributed by atoms with E-state index < -0.39 is 28.5 Å². The van der Waals surface area contributed by atoms with Gasteiger partial charge in [-0.2, -0.15) is 0 Å². The van der Waals surface area contributed by atoms with Gasteiger partial charge in [0.15, 0.2) is 17.3 Å². The highest BCUT2D eigenvalue weighted by Crippen LogP contribution is 2.57. The molecule has 2 aromatic carbocycles. The number of ketones is 3. The molecule has 9 nitrogen and oxygen atoms in total. The van der Waals surface area contributed by atoms with E-state index in [0.717, 1.165) is 16.9 Å². The average Bonchev–Trinajstić information content (AvgIpc) is 3.41. The third-order valence-electron chi connectivity index (χ3n) is 7.91. The number of nitrogens with one attached hydrogen (secondary N) is 1. The standard InChI is InChI=1S/C31H33N3O6/c1-15(2)34-20-11-8-7-10-19(20)33-23(34)12-9-13-32-17(4)24-21(36)14-22-31(6,30(24)39)26-28(38)16(3)27(37)25(18(5)35)29(26)40-22/h7-8,10-11,14-15,32,37-38H,9,12-13H2,1-6H3/t31-/m0/s1. The van der Waals surface area contributed by atoms with Gasteiger partial charge in [0.2, 0.25) is 0 Å². The van der Waals surface area contributed by atoms with Crippen molar-refractivity contribution in [1.29, 1.82) is 0 Å². The van der Waals surface area contributed by atoms with E-state index >= 15 is 0 Å². The molecular formula is C31H33N3O6. The minimum Gasteiger partial charge on any atom is -0.507 e. The lowest BCUT2D eigenvalue weighted by molar-refractivity contribution is -0.123. The smallest absolute Gasteiger partial charge is 0.194 e. The van der Waals surface area contributed by atoms with Crippen molar-refractivity contribution in [3.63, 3.8) is 0 Å². The molecule has 1 aromatic heterocycles. The Labute approximate surface area is 232 Å². The molecule has 0 fully saturated rings. The molecule has 0 spiro atoms. The molecule has 1 aliphatic heterocycles. The molecule has 208 valence electrons. The SMILES string of the molecule is CC(=O)c1c(O)c(C)c(O)c2c1OC1=CC(=O)C(=C(C)NCCCc3nc4ccccc4n3C(C)C)C(=O)[C@@]12C. The number of allylic oxidation sites excluding steroid dienone is 4. The van der Waals surface area contributed by atoms with Gasteiger partial charge in [0.25, 0.3) is 0 Å². The van der Waals surface area contributed by atoms with Gasteiger partial charge in [0.1, 0.15) is 39.8 Å². The Morgan fingerprint density at radius 1 is 1.15 bits per heavy atom. The Kier molecular flexibility index (Phi) is 6.56. The Hall–Kier alpha value is -4.40. The third-order valence-corrected chi connectivity index (χ3v) is 7.91. The Morgan fingerprint density at radius 3 is 2.52 bits per heavy atom. The van der Waals surface area contributed by atoms with Crippen molar-refractivity contribution < 1.29 is 29.3 Å². The molecule has 3 aromatic rings. The Morgan fingerprint density at radius 2 is 1.85 bits per heavy atom. The third kappa shape index (κ3) is 3.91. The van der Waals surface area contributed by atoms with Crippen LogP contribution in [0, 0.1) is 6.92 Å². The molecular weight excluding hydrogens is 510 g/mol. The summed E-state index contributed by atoms with van der Waals surface area (Å²) in [5.41, 5.74) is 0.899. The largest absolute Gasteiger partial charge is 0.507 e. The number of carbonyl (C=O) groups excluding carboxylic acids is 3. The predicted octanol–water partition coefficient (Wildman–Crippen LogP) is 4.72. The molecule has 9 heteroatoms. The molecule has 0 radical (unpaired) electrons. The van der Waals surface area contributed by atoms with E-state index in [-0.39, 0.29) is 45.6 Å².